The number of furan rings is 1. The molecule has 16 heavy (non-hydrogen) atoms. The number of hydrogen-bond acceptors (Lipinski definition) is 4. The number of rotatable bonds is 2. The second-order valence-corrected chi connectivity index (χ2v) is 4.11. The van der Waals surface area contributed by atoms with E-state index in [0.717, 1.165) is 0 Å². The van der Waals surface area contributed by atoms with E-state index in [1.807, 2.05) is 13.8 Å². The van der Waals surface area contributed by atoms with E-state index in [1.54, 1.807) is 0 Å². The van der Waals surface area contributed by atoms with Crippen molar-refractivity contribution < 1.29 is 18.5 Å². The van der Waals surface area contributed by atoms with Gasteiger partial charge in [0.15, 0.2) is 5.76 Å². The topological polar surface area (TPSA) is 74.7 Å². The van der Waals surface area contributed by atoms with E-state index < -0.39 is 18.6 Å². The minimum Gasteiger partial charge on any atom is -0.534 e. The highest BCUT2D eigenvalue weighted by molar-refractivity contribution is 6.62. The number of hydrogen-bond donors (Lipinski definition) is 1. The molecule has 5 nitrogen and oxygen atoms in total. The van der Waals surface area contributed by atoms with Crippen LogP contribution >= 0.6 is 0 Å². The van der Waals surface area contributed by atoms with E-state index >= 15 is 0 Å². The first-order chi connectivity index (χ1) is 7.40. The van der Waals surface area contributed by atoms with Gasteiger partial charge in [0.25, 0.3) is 5.91 Å². The minimum atomic E-state index is -0.623. The van der Waals surface area contributed by atoms with Gasteiger partial charge >= 0.3 is 7.12 Å². The fourth-order valence-electron chi connectivity index (χ4n) is 1.37. The SMILES string of the molecule is C=C1OB(c2coc(C(N)=O)c2)OC1(C)C. The van der Waals surface area contributed by atoms with Crippen molar-refractivity contribution in [2.45, 2.75) is 19.4 Å². The molecule has 2 rings (SSSR count). The summed E-state index contributed by atoms with van der Waals surface area (Å²) in [6, 6.07) is 1.50. The Morgan fingerprint density at radius 2 is 2.25 bits per heavy atom. The number of carbonyl (C=O) groups excluding carboxylic acids is 1. The zero-order chi connectivity index (χ0) is 11.9. The third-order valence-corrected chi connectivity index (χ3v) is 2.46. The summed E-state index contributed by atoms with van der Waals surface area (Å²) in [4.78, 5) is 10.9. The normalized spacial score (nSPS) is 18.6. The Bertz CT molecular complexity index is 451. The van der Waals surface area contributed by atoms with Crippen LogP contribution in [0.1, 0.15) is 24.4 Å². The lowest BCUT2D eigenvalue weighted by molar-refractivity contribution is 0.0974. The van der Waals surface area contributed by atoms with E-state index in [-0.39, 0.29) is 5.76 Å². The molecular formula is C10H12BNO4. The maximum Gasteiger partial charge on any atom is 0.566 e. The van der Waals surface area contributed by atoms with E-state index in [2.05, 4.69) is 6.58 Å². The molecule has 1 fully saturated rings. The molecule has 1 aromatic rings. The van der Waals surface area contributed by atoms with Gasteiger partial charge in [-0.2, -0.15) is 0 Å². The molecule has 0 spiro atoms. The van der Waals surface area contributed by atoms with Gasteiger partial charge in [0.05, 0.1) is 12.0 Å². The Balaban J connectivity index is 2.20. The van der Waals surface area contributed by atoms with Crippen molar-refractivity contribution in [1.29, 1.82) is 0 Å². The molecule has 1 saturated heterocycles. The van der Waals surface area contributed by atoms with Gasteiger partial charge in [-0.25, -0.2) is 0 Å². The van der Waals surface area contributed by atoms with Crippen LogP contribution in [0.3, 0.4) is 0 Å². The van der Waals surface area contributed by atoms with Crippen LogP contribution < -0.4 is 11.2 Å². The molecule has 1 amide bonds. The predicted molar refractivity (Wildman–Crippen MR) is 58.0 cm³/mol. The lowest BCUT2D eigenvalue weighted by atomic mass is 9.81. The minimum absolute atomic E-state index is 0.0810. The lowest BCUT2D eigenvalue weighted by Crippen LogP contribution is -2.33. The van der Waals surface area contributed by atoms with E-state index in [0.29, 0.717) is 11.2 Å². The van der Waals surface area contributed by atoms with Crippen molar-refractivity contribution in [3.8, 4) is 0 Å². The lowest BCUT2D eigenvalue weighted by Gasteiger charge is -2.15. The van der Waals surface area contributed by atoms with Crippen molar-refractivity contribution in [3.63, 3.8) is 0 Å². The van der Waals surface area contributed by atoms with Gasteiger partial charge in [0.2, 0.25) is 0 Å². The molecule has 1 aromatic heterocycles. The zero-order valence-corrected chi connectivity index (χ0v) is 9.15. The summed E-state index contributed by atoms with van der Waals surface area (Å²) in [6.45, 7) is 7.46. The van der Waals surface area contributed by atoms with Crippen molar-refractivity contribution in [1.82, 2.24) is 0 Å². The smallest absolute Gasteiger partial charge is 0.534 e. The molecule has 0 unspecified atom stereocenters. The fraction of sp³-hybridized carbons (Fsp3) is 0.300. The molecule has 0 aliphatic carbocycles. The van der Waals surface area contributed by atoms with Gasteiger partial charge in [-0.15, -0.1) is 0 Å². The van der Waals surface area contributed by atoms with Gasteiger partial charge < -0.3 is 19.5 Å². The maximum absolute atomic E-state index is 10.9. The van der Waals surface area contributed by atoms with Gasteiger partial charge in [-0.1, -0.05) is 6.58 Å². The average Bonchev–Trinajstić information content (AvgIpc) is 2.72. The first kappa shape index (κ1) is 10.8. The van der Waals surface area contributed by atoms with Crippen LogP contribution in [0.2, 0.25) is 0 Å². The second-order valence-electron chi connectivity index (χ2n) is 4.11. The van der Waals surface area contributed by atoms with Gasteiger partial charge in [-0.3, -0.25) is 4.79 Å². The monoisotopic (exact) mass is 221 g/mol. The second kappa shape index (κ2) is 3.42. The van der Waals surface area contributed by atoms with Crippen molar-refractivity contribution in [3.05, 3.63) is 30.4 Å². The molecule has 84 valence electrons. The first-order valence-electron chi connectivity index (χ1n) is 4.82. The molecule has 2 heterocycles. The molecule has 0 aromatic carbocycles. The Morgan fingerprint density at radius 1 is 1.56 bits per heavy atom. The fourth-order valence-corrected chi connectivity index (χ4v) is 1.37. The van der Waals surface area contributed by atoms with Crippen LogP contribution in [0.5, 0.6) is 0 Å². The standard InChI is InChI=1S/C10H12BNO4/c1-6-10(2,3)16-11(15-6)7-4-8(9(12)13)14-5-7/h4-5H,1H2,2-3H3,(H2,12,13). The van der Waals surface area contributed by atoms with Crippen molar-refractivity contribution >= 4 is 18.5 Å². The number of nitrogens with two attached hydrogens (primary N) is 1. The van der Waals surface area contributed by atoms with Crippen LogP contribution in [0.25, 0.3) is 0 Å². The molecule has 1 aliphatic rings. The predicted octanol–water partition coefficient (Wildman–Crippen LogP) is 0.413. The van der Waals surface area contributed by atoms with Crippen LogP contribution in [0, 0.1) is 0 Å². The highest BCUT2D eigenvalue weighted by Crippen LogP contribution is 2.29. The van der Waals surface area contributed by atoms with Gasteiger partial charge in [-0.05, 0) is 19.9 Å². The zero-order valence-electron chi connectivity index (χ0n) is 9.15. The molecule has 1 aliphatic heterocycles. The molecule has 0 bridgehead atoms. The van der Waals surface area contributed by atoms with Crippen molar-refractivity contribution in [2.24, 2.45) is 5.73 Å². The third-order valence-electron chi connectivity index (χ3n) is 2.46. The Labute approximate surface area is 93.3 Å². The highest BCUT2D eigenvalue weighted by atomic mass is 16.7. The van der Waals surface area contributed by atoms with Crippen LogP contribution in [-0.4, -0.2) is 18.6 Å². The first-order valence-corrected chi connectivity index (χ1v) is 4.82. The third kappa shape index (κ3) is 1.72. The number of carbonyl (C=O) groups is 1. The largest absolute Gasteiger partial charge is 0.566 e. The van der Waals surface area contributed by atoms with Crippen LogP contribution in [0.4, 0.5) is 0 Å². The van der Waals surface area contributed by atoms with Gasteiger partial charge in [0, 0.05) is 5.46 Å². The summed E-state index contributed by atoms with van der Waals surface area (Å²) >= 11 is 0. The summed E-state index contributed by atoms with van der Waals surface area (Å²) in [5, 5.41) is 0. The Morgan fingerprint density at radius 3 is 2.69 bits per heavy atom. The molecule has 6 heteroatoms. The summed E-state index contributed by atoms with van der Waals surface area (Å²) in [5.41, 5.74) is 5.14. The average molecular weight is 221 g/mol. The summed E-state index contributed by atoms with van der Waals surface area (Å²) in [5.74, 6) is -0.000762. The van der Waals surface area contributed by atoms with Crippen molar-refractivity contribution in [2.75, 3.05) is 0 Å². The quantitative estimate of drug-likeness (QED) is 0.734. The molecule has 0 radical (unpaired) electrons. The molecular weight excluding hydrogens is 209 g/mol. The summed E-state index contributed by atoms with van der Waals surface area (Å²) in [7, 11) is -0.598. The van der Waals surface area contributed by atoms with E-state index in [4.69, 9.17) is 19.5 Å². The molecule has 2 N–H and O–H groups in total. The van der Waals surface area contributed by atoms with E-state index in [1.165, 1.54) is 12.3 Å². The number of primary amides is 1. The Hall–Kier alpha value is -1.69. The molecule has 0 atom stereocenters. The maximum atomic E-state index is 10.9. The summed E-state index contributed by atoms with van der Waals surface area (Å²) in [6.07, 6.45) is 1.39. The Kier molecular flexibility index (Phi) is 2.31. The molecule has 0 saturated carbocycles. The van der Waals surface area contributed by atoms with Crippen LogP contribution in [0.15, 0.2) is 29.1 Å². The highest BCUT2D eigenvalue weighted by Gasteiger charge is 2.43. The summed E-state index contributed by atoms with van der Waals surface area (Å²) < 4.78 is 16.0. The van der Waals surface area contributed by atoms with Crippen LogP contribution in [-0.2, 0) is 9.31 Å². The van der Waals surface area contributed by atoms with Gasteiger partial charge in [0.1, 0.15) is 5.60 Å². The van der Waals surface area contributed by atoms with E-state index in [9.17, 15) is 4.79 Å². The number of amides is 1.